The molecule has 1 heterocycles. The first kappa shape index (κ1) is 10.4. The summed E-state index contributed by atoms with van der Waals surface area (Å²) in [6.45, 7) is 1.29. The van der Waals surface area contributed by atoms with Gasteiger partial charge in [0.2, 0.25) is 5.91 Å². The Hall–Kier alpha value is -1.12. The second-order valence-electron chi connectivity index (χ2n) is 4.12. The van der Waals surface area contributed by atoms with Gasteiger partial charge < -0.3 is 14.7 Å². The topological polar surface area (TPSA) is 73.6 Å². The van der Waals surface area contributed by atoms with E-state index in [2.05, 4.69) is 6.07 Å². The summed E-state index contributed by atoms with van der Waals surface area (Å²) in [7, 11) is 0. The van der Waals surface area contributed by atoms with Gasteiger partial charge in [0.15, 0.2) is 0 Å². The second-order valence-corrected chi connectivity index (χ2v) is 4.12. The highest BCUT2D eigenvalue weighted by Gasteiger charge is 2.53. The maximum absolute atomic E-state index is 11.9. The average Bonchev–Trinajstić information content (AvgIpc) is 3.09. The number of aliphatic hydroxyl groups is 1. The Morgan fingerprint density at radius 1 is 1.67 bits per heavy atom. The van der Waals surface area contributed by atoms with E-state index in [-0.39, 0.29) is 18.6 Å². The highest BCUT2D eigenvalue weighted by molar-refractivity contribution is 5.88. The van der Waals surface area contributed by atoms with E-state index in [4.69, 9.17) is 15.1 Å². The Morgan fingerprint density at radius 3 is 2.93 bits per heavy atom. The molecule has 0 bridgehead atoms. The number of carbonyl (C=O) groups excluding carboxylic acids is 1. The molecule has 0 radical (unpaired) electrons. The van der Waals surface area contributed by atoms with E-state index < -0.39 is 5.41 Å². The normalized spacial score (nSPS) is 28.3. The van der Waals surface area contributed by atoms with Crippen molar-refractivity contribution in [2.24, 2.45) is 5.41 Å². The van der Waals surface area contributed by atoms with Gasteiger partial charge in [-0.1, -0.05) is 0 Å². The van der Waals surface area contributed by atoms with Crippen LogP contribution in [-0.2, 0) is 9.53 Å². The fourth-order valence-corrected chi connectivity index (χ4v) is 1.82. The zero-order valence-corrected chi connectivity index (χ0v) is 8.48. The van der Waals surface area contributed by atoms with E-state index in [1.807, 2.05) is 0 Å². The third kappa shape index (κ3) is 1.83. The molecule has 1 aliphatic carbocycles. The molecule has 2 fully saturated rings. The van der Waals surface area contributed by atoms with Crippen LogP contribution in [0.1, 0.15) is 12.8 Å². The van der Waals surface area contributed by atoms with Crippen LogP contribution >= 0.6 is 0 Å². The molecule has 15 heavy (non-hydrogen) atoms. The maximum atomic E-state index is 11.9. The first-order valence-corrected chi connectivity index (χ1v) is 5.15. The van der Waals surface area contributed by atoms with Crippen molar-refractivity contribution >= 4 is 5.91 Å². The number of hydrogen-bond donors (Lipinski definition) is 1. The Balaban J connectivity index is 1.99. The molecule has 1 unspecified atom stereocenters. The summed E-state index contributed by atoms with van der Waals surface area (Å²) >= 11 is 0. The van der Waals surface area contributed by atoms with Crippen LogP contribution in [-0.4, -0.2) is 48.3 Å². The number of aliphatic hydroxyl groups excluding tert-OH is 1. The minimum atomic E-state index is -0.753. The highest BCUT2D eigenvalue weighted by Crippen LogP contribution is 2.46. The van der Waals surface area contributed by atoms with Gasteiger partial charge in [0.05, 0.1) is 25.4 Å². The van der Waals surface area contributed by atoms with Gasteiger partial charge in [-0.15, -0.1) is 0 Å². The molecule has 0 aromatic heterocycles. The number of carbonyl (C=O) groups is 1. The molecular formula is C10H14N2O3. The first-order chi connectivity index (χ1) is 7.22. The van der Waals surface area contributed by atoms with Crippen LogP contribution in [0.15, 0.2) is 0 Å². The van der Waals surface area contributed by atoms with Crippen LogP contribution in [0.2, 0.25) is 0 Å². The van der Waals surface area contributed by atoms with Gasteiger partial charge in [-0.05, 0) is 12.8 Å². The molecule has 5 nitrogen and oxygen atoms in total. The van der Waals surface area contributed by atoms with Gasteiger partial charge in [0.1, 0.15) is 5.41 Å². The predicted octanol–water partition coefficient (Wildman–Crippen LogP) is -0.490. The first-order valence-electron chi connectivity index (χ1n) is 5.15. The molecule has 82 valence electrons. The molecule has 1 saturated carbocycles. The van der Waals surface area contributed by atoms with Crippen molar-refractivity contribution in [3.05, 3.63) is 0 Å². The third-order valence-corrected chi connectivity index (χ3v) is 3.00. The SMILES string of the molecule is N#CC1(C(=O)N2CCOC(CO)C2)CC1. The molecule has 1 N–H and O–H groups in total. The van der Waals surface area contributed by atoms with Crippen LogP contribution < -0.4 is 0 Å². The van der Waals surface area contributed by atoms with Gasteiger partial charge in [-0.2, -0.15) is 5.26 Å². The van der Waals surface area contributed by atoms with Crippen LogP contribution in [0.25, 0.3) is 0 Å². The third-order valence-electron chi connectivity index (χ3n) is 3.00. The minimum absolute atomic E-state index is 0.0800. The van der Waals surface area contributed by atoms with Crippen molar-refractivity contribution in [2.45, 2.75) is 18.9 Å². The lowest BCUT2D eigenvalue weighted by Gasteiger charge is -2.33. The second kappa shape index (κ2) is 3.80. The molecule has 0 spiro atoms. The van der Waals surface area contributed by atoms with Gasteiger partial charge in [0, 0.05) is 13.1 Å². The smallest absolute Gasteiger partial charge is 0.243 e. The van der Waals surface area contributed by atoms with Crippen molar-refractivity contribution in [3.63, 3.8) is 0 Å². The highest BCUT2D eigenvalue weighted by atomic mass is 16.5. The molecule has 0 aromatic rings. The number of amides is 1. The maximum Gasteiger partial charge on any atom is 0.243 e. The number of ether oxygens (including phenoxy) is 1. The monoisotopic (exact) mass is 210 g/mol. The van der Waals surface area contributed by atoms with E-state index in [0.717, 1.165) is 0 Å². The molecule has 1 atom stereocenters. The number of nitriles is 1. The largest absolute Gasteiger partial charge is 0.394 e. The predicted molar refractivity (Wildman–Crippen MR) is 50.7 cm³/mol. The van der Waals surface area contributed by atoms with Crippen LogP contribution in [0.3, 0.4) is 0 Å². The molecule has 1 amide bonds. The Kier molecular flexibility index (Phi) is 2.63. The van der Waals surface area contributed by atoms with Gasteiger partial charge in [-0.3, -0.25) is 4.79 Å². The minimum Gasteiger partial charge on any atom is -0.394 e. The van der Waals surface area contributed by atoms with Crippen molar-refractivity contribution in [2.75, 3.05) is 26.3 Å². The quantitative estimate of drug-likeness (QED) is 0.667. The van der Waals surface area contributed by atoms with E-state index in [1.165, 1.54) is 0 Å². The summed E-state index contributed by atoms with van der Waals surface area (Å²) in [5.41, 5.74) is -0.753. The van der Waals surface area contributed by atoms with Gasteiger partial charge in [-0.25, -0.2) is 0 Å². The van der Waals surface area contributed by atoms with Gasteiger partial charge >= 0.3 is 0 Å². The fraction of sp³-hybridized carbons (Fsp3) is 0.800. The zero-order valence-electron chi connectivity index (χ0n) is 8.48. The molecule has 2 aliphatic rings. The van der Waals surface area contributed by atoms with Crippen LogP contribution in [0, 0.1) is 16.7 Å². The molecule has 1 aliphatic heterocycles. The van der Waals surface area contributed by atoms with E-state index in [1.54, 1.807) is 4.90 Å². The molecular weight excluding hydrogens is 196 g/mol. The Morgan fingerprint density at radius 2 is 2.40 bits per heavy atom. The molecule has 5 heteroatoms. The lowest BCUT2D eigenvalue weighted by Crippen LogP contribution is -2.49. The fourth-order valence-electron chi connectivity index (χ4n) is 1.82. The van der Waals surface area contributed by atoms with E-state index >= 15 is 0 Å². The Bertz CT molecular complexity index is 306. The van der Waals surface area contributed by atoms with E-state index in [0.29, 0.717) is 32.5 Å². The zero-order chi connectivity index (χ0) is 10.9. The van der Waals surface area contributed by atoms with Crippen molar-refractivity contribution < 1.29 is 14.6 Å². The summed E-state index contributed by atoms with van der Waals surface area (Å²) in [4.78, 5) is 13.6. The summed E-state index contributed by atoms with van der Waals surface area (Å²) in [6.07, 6.45) is 1.05. The van der Waals surface area contributed by atoms with Crippen molar-refractivity contribution in [1.82, 2.24) is 4.90 Å². The van der Waals surface area contributed by atoms with Crippen LogP contribution in [0.4, 0.5) is 0 Å². The average molecular weight is 210 g/mol. The standard InChI is InChI=1S/C10H14N2O3/c11-7-10(1-2-10)9(14)12-3-4-15-8(5-12)6-13/h8,13H,1-6H2. The number of rotatable bonds is 2. The molecule has 1 saturated heterocycles. The number of morpholine rings is 1. The summed E-state index contributed by atoms with van der Waals surface area (Å²) in [5.74, 6) is -0.0910. The van der Waals surface area contributed by atoms with E-state index in [9.17, 15) is 4.79 Å². The van der Waals surface area contributed by atoms with Crippen molar-refractivity contribution in [1.29, 1.82) is 5.26 Å². The van der Waals surface area contributed by atoms with Crippen molar-refractivity contribution in [3.8, 4) is 6.07 Å². The van der Waals surface area contributed by atoms with Crippen LogP contribution in [0.5, 0.6) is 0 Å². The molecule has 2 rings (SSSR count). The number of nitrogens with zero attached hydrogens (tertiary/aromatic N) is 2. The van der Waals surface area contributed by atoms with Gasteiger partial charge in [0.25, 0.3) is 0 Å². The Labute approximate surface area is 88.2 Å². The lowest BCUT2D eigenvalue weighted by molar-refractivity contribution is -0.143. The lowest BCUT2D eigenvalue weighted by atomic mass is 10.1. The number of hydrogen-bond acceptors (Lipinski definition) is 4. The summed E-state index contributed by atoms with van der Waals surface area (Å²) in [6, 6.07) is 2.09. The summed E-state index contributed by atoms with van der Waals surface area (Å²) in [5, 5.41) is 17.8. The summed E-state index contributed by atoms with van der Waals surface area (Å²) < 4.78 is 5.25. The molecule has 0 aromatic carbocycles.